The number of carbonyl (C=O) groups is 2. The SMILES string of the molecule is CCN(CC)C(=O)CNCC(C)(C)C(=O)OC. The molecule has 0 radical (unpaired) electrons. The van der Waals surface area contributed by atoms with Gasteiger partial charge in [0.05, 0.1) is 19.1 Å². The molecule has 0 aromatic heterocycles. The second-order valence-corrected chi connectivity index (χ2v) is 4.55. The third-order valence-electron chi connectivity index (χ3n) is 2.70. The van der Waals surface area contributed by atoms with Gasteiger partial charge in [0.1, 0.15) is 0 Å². The summed E-state index contributed by atoms with van der Waals surface area (Å²) in [7, 11) is 1.37. The topological polar surface area (TPSA) is 58.6 Å². The highest BCUT2D eigenvalue weighted by molar-refractivity contribution is 5.78. The Morgan fingerprint density at radius 2 is 1.76 bits per heavy atom. The van der Waals surface area contributed by atoms with Gasteiger partial charge in [-0.05, 0) is 27.7 Å². The third kappa shape index (κ3) is 5.17. The van der Waals surface area contributed by atoms with Crippen molar-refractivity contribution in [1.82, 2.24) is 10.2 Å². The van der Waals surface area contributed by atoms with Crippen LogP contribution in [0.5, 0.6) is 0 Å². The smallest absolute Gasteiger partial charge is 0.312 e. The number of likely N-dealkylation sites (N-methyl/N-ethyl adjacent to an activating group) is 1. The molecule has 0 fully saturated rings. The molecule has 0 atom stereocenters. The molecule has 5 heteroatoms. The standard InChI is InChI=1S/C12H24N2O3/c1-6-14(7-2)10(15)8-13-9-12(3,4)11(16)17-5/h13H,6-9H2,1-5H3. The van der Waals surface area contributed by atoms with Crippen molar-refractivity contribution in [2.75, 3.05) is 33.3 Å². The number of nitrogens with one attached hydrogen (secondary N) is 1. The molecule has 0 rings (SSSR count). The minimum Gasteiger partial charge on any atom is -0.469 e. The number of hydrogen-bond acceptors (Lipinski definition) is 4. The van der Waals surface area contributed by atoms with E-state index in [1.54, 1.807) is 18.7 Å². The van der Waals surface area contributed by atoms with Gasteiger partial charge in [-0.3, -0.25) is 9.59 Å². The molecule has 100 valence electrons. The summed E-state index contributed by atoms with van der Waals surface area (Å²) >= 11 is 0. The molecular weight excluding hydrogens is 220 g/mol. The van der Waals surface area contributed by atoms with Gasteiger partial charge < -0.3 is 15.0 Å². The minimum atomic E-state index is -0.613. The van der Waals surface area contributed by atoms with Crippen LogP contribution < -0.4 is 5.32 Å². The Labute approximate surface area is 103 Å². The van der Waals surface area contributed by atoms with E-state index in [0.29, 0.717) is 19.6 Å². The first kappa shape index (κ1) is 15.9. The van der Waals surface area contributed by atoms with Crippen LogP contribution in [0.3, 0.4) is 0 Å². The van der Waals surface area contributed by atoms with Gasteiger partial charge in [-0.15, -0.1) is 0 Å². The molecule has 0 aliphatic rings. The molecule has 0 spiro atoms. The van der Waals surface area contributed by atoms with Crippen LogP contribution in [0.4, 0.5) is 0 Å². The zero-order chi connectivity index (χ0) is 13.5. The van der Waals surface area contributed by atoms with Gasteiger partial charge in [0.15, 0.2) is 0 Å². The van der Waals surface area contributed by atoms with Crippen molar-refractivity contribution in [3.8, 4) is 0 Å². The number of carbonyl (C=O) groups excluding carboxylic acids is 2. The lowest BCUT2D eigenvalue weighted by Crippen LogP contribution is -2.43. The molecule has 0 saturated carbocycles. The van der Waals surface area contributed by atoms with E-state index in [1.165, 1.54) is 7.11 Å². The van der Waals surface area contributed by atoms with Crippen LogP contribution >= 0.6 is 0 Å². The molecule has 0 aliphatic heterocycles. The number of ether oxygens (including phenoxy) is 1. The van der Waals surface area contributed by atoms with E-state index < -0.39 is 5.41 Å². The number of esters is 1. The summed E-state index contributed by atoms with van der Waals surface area (Å²) in [5, 5.41) is 3.00. The van der Waals surface area contributed by atoms with E-state index in [-0.39, 0.29) is 18.4 Å². The molecular formula is C12H24N2O3. The maximum Gasteiger partial charge on any atom is 0.312 e. The fourth-order valence-electron chi connectivity index (χ4n) is 1.52. The Kier molecular flexibility index (Phi) is 6.80. The van der Waals surface area contributed by atoms with E-state index in [9.17, 15) is 9.59 Å². The van der Waals surface area contributed by atoms with Crippen LogP contribution in [0.15, 0.2) is 0 Å². The first-order valence-electron chi connectivity index (χ1n) is 5.96. The van der Waals surface area contributed by atoms with Gasteiger partial charge in [-0.2, -0.15) is 0 Å². The van der Waals surface area contributed by atoms with Crippen molar-refractivity contribution in [2.24, 2.45) is 5.41 Å². The lowest BCUT2D eigenvalue weighted by Gasteiger charge is -2.23. The van der Waals surface area contributed by atoms with Crippen LogP contribution in [0.25, 0.3) is 0 Å². The van der Waals surface area contributed by atoms with E-state index in [1.807, 2.05) is 13.8 Å². The first-order chi connectivity index (χ1) is 7.88. The normalized spacial score (nSPS) is 11.1. The predicted molar refractivity (Wildman–Crippen MR) is 66.6 cm³/mol. The Morgan fingerprint density at radius 3 is 2.18 bits per heavy atom. The van der Waals surface area contributed by atoms with Crippen molar-refractivity contribution in [3.05, 3.63) is 0 Å². The summed E-state index contributed by atoms with van der Waals surface area (Å²) in [6.07, 6.45) is 0. The van der Waals surface area contributed by atoms with E-state index >= 15 is 0 Å². The maximum atomic E-state index is 11.7. The van der Waals surface area contributed by atoms with Gasteiger partial charge in [0, 0.05) is 19.6 Å². The molecule has 17 heavy (non-hydrogen) atoms. The summed E-state index contributed by atoms with van der Waals surface area (Å²) in [5.41, 5.74) is -0.613. The lowest BCUT2D eigenvalue weighted by atomic mass is 9.94. The monoisotopic (exact) mass is 244 g/mol. The van der Waals surface area contributed by atoms with Crippen molar-refractivity contribution < 1.29 is 14.3 Å². The van der Waals surface area contributed by atoms with Crippen molar-refractivity contribution in [3.63, 3.8) is 0 Å². The molecule has 5 nitrogen and oxygen atoms in total. The number of nitrogens with zero attached hydrogens (tertiary/aromatic N) is 1. The van der Waals surface area contributed by atoms with Crippen molar-refractivity contribution >= 4 is 11.9 Å². The van der Waals surface area contributed by atoms with E-state index in [2.05, 4.69) is 10.1 Å². The first-order valence-corrected chi connectivity index (χ1v) is 5.96. The summed E-state index contributed by atoms with van der Waals surface area (Å²) in [6.45, 7) is 9.55. The fraction of sp³-hybridized carbons (Fsp3) is 0.833. The zero-order valence-electron chi connectivity index (χ0n) is 11.5. The Hall–Kier alpha value is -1.10. The molecule has 0 bridgehead atoms. The summed E-state index contributed by atoms with van der Waals surface area (Å²) < 4.78 is 4.69. The molecule has 0 unspecified atom stereocenters. The second kappa shape index (κ2) is 7.27. The molecule has 0 aromatic rings. The molecule has 0 aromatic carbocycles. The van der Waals surface area contributed by atoms with Crippen LogP contribution in [0.1, 0.15) is 27.7 Å². The molecule has 1 N–H and O–H groups in total. The van der Waals surface area contributed by atoms with E-state index in [0.717, 1.165) is 0 Å². The number of methoxy groups -OCH3 is 1. The highest BCUT2D eigenvalue weighted by atomic mass is 16.5. The molecule has 1 amide bonds. The average Bonchev–Trinajstić information content (AvgIpc) is 2.29. The average molecular weight is 244 g/mol. The van der Waals surface area contributed by atoms with Crippen molar-refractivity contribution in [2.45, 2.75) is 27.7 Å². The third-order valence-corrected chi connectivity index (χ3v) is 2.70. The van der Waals surface area contributed by atoms with Gasteiger partial charge in [0.2, 0.25) is 5.91 Å². The highest BCUT2D eigenvalue weighted by Crippen LogP contribution is 2.14. The van der Waals surface area contributed by atoms with Crippen LogP contribution in [0, 0.1) is 5.41 Å². The van der Waals surface area contributed by atoms with Gasteiger partial charge >= 0.3 is 5.97 Å². The predicted octanol–water partition coefficient (Wildman–Crippen LogP) is 0.644. The number of rotatable bonds is 7. The van der Waals surface area contributed by atoms with Gasteiger partial charge in [-0.25, -0.2) is 0 Å². The number of amides is 1. The highest BCUT2D eigenvalue weighted by Gasteiger charge is 2.28. The maximum absolute atomic E-state index is 11.7. The zero-order valence-corrected chi connectivity index (χ0v) is 11.5. The van der Waals surface area contributed by atoms with Crippen LogP contribution in [-0.4, -0.2) is 50.1 Å². The van der Waals surface area contributed by atoms with Gasteiger partial charge in [-0.1, -0.05) is 0 Å². The number of hydrogen-bond donors (Lipinski definition) is 1. The second-order valence-electron chi connectivity index (χ2n) is 4.55. The van der Waals surface area contributed by atoms with Crippen molar-refractivity contribution in [1.29, 1.82) is 0 Å². The largest absolute Gasteiger partial charge is 0.469 e. The van der Waals surface area contributed by atoms with Gasteiger partial charge in [0.25, 0.3) is 0 Å². The van der Waals surface area contributed by atoms with Crippen LogP contribution in [-0.2, 0) is 14.3 Å². The summed E-state index contributed by atoms with van der Waals surface area (Å²) in [4.78, 5) is 24.8. The Morgan fingerprint density at radius 1 is 1.24 bits per heavy atom. The van der Waals surface area contributed by atoms with Crippen LogP contribution in [0.2, 0.25) is 0 Å². The molecule has 0 heterocycles. The van der Waals surface area contributed by atoms with E-state index in [4.69, 9.17) is 0 Å². The Bertz CT molecular complexity index is 260. The Balaban J connectivity index is 4.07. The fourth-order valence-corrected chi connectivity index (χ4v) is 1.52. The summed E-state index contributed by atoms with van der Waals surface area (Å²) in [5.74, 6) is -0.226. The summed E-state index contributed by atoms with van der Waals surface area (Å²) in [6, 6.07) is 0. The lowest BCUT2D eigenvalue weighted by molar-refractivity contribution is -0.150. The minimum absolute atomic E-state index is 0.0515. The quantitative estimate of drug-likeness (QED) is 0.668. The molecule has 0 saturated heterocycles. The molecule has 0 aliphatic carbocycles.